The minimum atomic E-state index is -1.04. The van der Waals surface area contributed by atoms with Crippen molar-refractivity contribution in [1.82, 2.24) is 9.88 Å². The van der Waals surface area contributed by atoms with Gasteiger partial charge in [0.1, 0.15) is 30.8 Å². The van der Waals surface area contributed by atoms with E-state index < -0.39 is 12.1 Å². The van der Waals surface area contributed by atoms with Crippen LogP contribution in [0.3, 0.4) is 0 Å². The Hall–Kier alpha value is -5.20. The summed E-state index contributed by atoms with van der Waals surface area (Å²) in [5.41, 5.74) is 13.0. The lowest BCUT2D eigenvalue weighted by atomic mass is 9.89. The average Bonchev–Trinajstić information content (AvgIpc) is 3.58. The number of aromatic nitrogens is 1. The first-order chi connectivity index (χ1) is 26.0. The minimum Gasteiger partial charge on any atom is -0.488 e. The van der Waals surface area contributed by atoms with Crippen LogP contribution in [0.15, 0.2) is 85.2 Å². The number of halogens is 1. The molecule has 0 radical (unpaired) electrons. The van der Waals surface area contributed by atoms with Crippen molar-refractivity contribution in [3.8, 4) is 39.8 Å². The molecule has 1 aliphatic rings. The topological polar surface area (TPSA) is 116 Å². The second kappa shape index (κ2) is 17.3. The number of nitriles is 1. The Kier molecular flexibility index (Phi) is 12.3. The number of benzene rings is 4. The minimum absolute atomic E-state index is 0.167. The molecule has 9 heteroatoms. The summed E-state index contributed by atoms with van der Waals surface area (Å²) in [5, 5.41) is 28.9. The SMILES string of the molecule is Cc1c(COc2cc(OCc3cncc(C#N)c3)c(CCC[C@@H](O)CC(=O)O)cc2Cl)cccc1-c1cccc(-c2ccc3c(c2)CCC3N(C)C)c1C. The summed E-state index contributed by atoms with van der Waals surface area (Å²) in [5.74, 6) is -0.0328. The van der Waals surface area contributed by atoms with E-state index in [1.807, 2.05) is 0 Å². The van der Waals surface area contributed by atoms with Gasteiger partial charge >= 0.3 is 5.97 Å². The number of pyridine rings is 1. The predicted octanol–water partition coefficient (Wildman–Crippen LogP) is 9.42. The third kappa shape index (κ3) is 8.94. The molecule has 0 saturated heterocycles. The summed E-state index contributed by atoms with van der Waals surface area (Å²) in [4.78, 5) is 17.5. The highest BCUT2D eigenvalue weighted by Crippen LogP contribution is 2.40. The van der Waals surface area contributed by atoms with Gasteiger partial charge in [0.15, 0.2) is 0 Å². The van der Waals surface area contributed by atoms with Crippen LogP contribution in [-0.4, -0.2) is 46.3 Å². The van der Waals surface area contributed by atoms with Crippen molar-refractivity contribution in [3.05, 3.63) is 135 Å². The molecule has 5 aromatic rings. The predicted molar refractivity (Wildman–Crippen MR) is 212 cm³/mol. The molecule has 278 valence electrons. The van der Waals surface area contributed by atoms with Crippen LogP contribution in [0.4, 0.5) is 0 Å². The second-order valence-corrected chi connectivity index (χ2v) is 14.7. The van der Waals surface area contributed by atoms with Crippen LogP contribution in [-0.2, 0) is 30.8 Å². The van der Waals surface area contributed by atoms with Crippen LogP contribution in [0, 0.1) is 25.2 Å². The van der Waals surface area contributed by atoms with E-state index in [0.29, 0.717) is 47.4 Å². The zero-order valence-electron chi connectivity index (χ0n) is 31.2. The Bertz CT molecular complexity index is 2190. The number of rotatable bonds is 15. The second-order valence-electron chi connectivity index (χ2n) is 14.3. The number of aliphatic hydroxyl groups excluding tert-OH is 1. The number of carbonyl (C=O) groups is 1. The normalized spacial score (nSPS) is 14.1. The van der Waals surface area contributed by atoms with Gasteiger partial charge in [-0.3, -0.25) is 9.78 Å². The molecular formula is C45H46ClN3O5. The van der Waals surface area contributed by atoms with Crippen LogP contribution in [0.1, 0.15) is 76.2 Å². The monoisotopic (exact) mass is 743 g/mol. The molecule has 1 unspecified atom stereocenters. The lowest BCUT2D eigenvalue weighted by Gasteiger charge is -2.20. The van der Waals surface area contributed by atoms with Gasteiger partial charge in [-0.2, -0.15) is 5.26 Å². The highest BCUT2D eigenvalue weighted by molar-refractivity contribution is 6.32. The zero-order valence-corrected chi connectivity index (χ0v) is 32.0. The molecule has 0 fully saturated rings. The molecule has 1 aromatic heterocycles. The van der Waals surface area contributed by atoms with Gasteiger partial charge in [0.05, 0.1) is 23.1 Å². The first-order valence-electron chi connectivity index (χ1n) is 18.3. The van der Waals surface area contributed by atoms with Crippen LogP contribution >= 0.6 is 11.6 Å². The number of carboxylic acid groups (broad SMARTS) is 1. The summed E-state index contributed by atoms with van der Waals surface area (Å²) >= 11 is 6.80. The highest BCUT2D eigenvalue weighted by atomic mass is 35.5. The number of carboxylic acids is 1. The summed E-state index contributed by atoms with van der Waals surface area (Å²) in [6.07, 6.45) is 5.50. The van der Waals surface area contributed by atoms with E-state index in [1.54, 1.807) is 24.4 Å². The van der Waals surface area contributed by atoms with Gasteiger partial charge in [-0.05, 0) is 128 Å². The molecule has 0 aliphatic heterocycles. The van der Waals surface area contributed by atoms with Gasteiger partial charge < -0.3 is 24.6 Å². The van der Waals surface area contributed by atoms with E-state index in [2.05, 4.69) is 98.5 Å². The number of hydrogen-bond acceptors (Lipinski definition) is 7. The quantitative estimate of drug-likeness (QED) is 0.109. The number of aliphatic hydroxyl groups is 1. The van der Waals surface area contributed by atoms with Gasteiger partial charge in [-0.1, -0.05) is 66.2 Å². The van der Waals surface area contributed by atoms with Gasteiger partial charge in [-0.25, -0.2) is 0 Å². The molecule has 4 aromatic carbocycles. The number of nitrogens with zero attached hydrogens (tertiary/aromatic N) is 3. The Morgan fingerprint density at radius 1 is 0.944 bits per heavy atom. The van der Waals surface area contributed by atoms with Crippen LogP contribution in [0.25, 0.3) is 22.3 Å². The fourth-order valence-electron chi connectivity index (χ4n) is 7.46. The van der Waals surface area contributed by atoms with Gasteiger partial charge in [-0.15, -0.1) is 0 Å². The lowest BCUT2D eigenvalue weighted by Crippen LogP contribution is -2.17. The Morgan fingerprint density at radius 3 is 2.44 bits per heavy atom. The average molecular weight is 744 g/mol. The van der Waals surface area contributed by atoms with Crippen LogP contribution in [0.5, 0.6) is 11.5 Å². The van der Waals surface area contributed by atoms with Crippen molar-refractivity contribution in [2.45, 2.75) is 77.7 Å². The summed E-state index contributed by atoms with van der Waals surface area (Å²) in [6, 6.07) is 27.6. The molecule has 54 heavy (non-hydrogen) atoms. The summed E-state index contributed by atoms with van der Waals surface area (Å²) < 4.78 is 12.6. The van der Waals surface area contributed by atoms with E-state index in [-0.39, 0.29) is 19.6 Å². The van der Waals surface area contributed by atoms with E-state index >= 15 is 0 Å². The zero-order chi connectivity index (χ0) is 38.4. The molecule has 0 saturated carbocycles. The third-order valence-corrected chi connectivity index (χ3v) is 10.7. The van der Waals surface area contributed by atoms with Crippen molar-refractivity contribution in [3.63, 3.8) is 0 Å². The van der Waals surface area contributed by atoms with Gasteiger partial charge in [0.2, 0.25) is 0 Å². The maximum atomic E-state index is 11.0. The molecule has 8 nitrogen and oxygen atoms in total. The number of aliphatic carboxylic acids is 1. The van der Waals surface area contributed by atoms with E-state index in [9.17, 15) is 15.2 Å². The van der Waals surface area contributed by atoms with E-state index in [1.165, 1.54) is 39.6 Å². The standard InChI is InChI=1S/C45H46ClN3O5/c1-28-35(9-6-12-38(28)39-13-7-11-37(29(39)2)32-14-16-40-33(19-32)15-17-42(40)49(3)4)27-54-44-22-43(53-26-31-18-30(23-47)24-48-25-31)34(20-41(44)46)8-5-10-36(50)21-45(51)52/h6-7,9,11-14,16,18-20,22,24-25,36,42,50H,5,8,10,15,17,21,26-27H2,1-4H3,(H,51,52)/t36-,42?/m1/s1. The molecule has 2 N–H and O–H groups in total. The number of ether oxygens (including phenoxy) is 2. The van der Waals surface area contributed by atoms with Crippen molar-refractivity contribution < 1.29 is 24.5 Å². The largest absolute Gasteiger partial charge is 0.488 e. The van der Waals surface area contributed by atoms with Crippen molar-refractivity contribution in [2.75, 3.05) is 14.1 Å². The number of aryl methyl sites for hydroxylation is 2. The van der Waals surface area contributed by atoms with E-state index in [4.69, 9.17) is 26.2 Å². The summed E-state index contributed by atoms with van der Waals surface area (Å²) in [6.45, 7) is 4.77. The molecule has 1 heterocycles. The Morgan fingerprint density at radius 2 is 1.69 bits per heavy atom. The lowest BCUT2D eigenvalue weighted by molar-refractivity contribution is -0.139. The van der Waals surface area contributed by atoms with Crippen LogP contribution in [0.2, 0.25) is 5.02 Å². The molecule has 1 aliphatic carbocycles. The molecule has 0 bridgehead atoms. The molecule has 0 amide bonds. The molecule has 2 atom stereocenters. The smallest absolute Gasteiger partial charge is 0.305 e. The first kappa shape index (κ1) is 38.5. The van der Waals surface area contributed by atoms with E-state index in [0.717, 1.165) is 40.7 Å². The number of fused-ring (bicyclic) bond motifs is 1. The molecular weight excluding hydrogens is 698 g/mol. The Labute approximate surface area is 322 Å². The van der Waals surface area contributed by atoms with Crippen molar-refractivity contribution in [2.24, 2.45) is 0 Å². The third-order valence-electron chi connectivity index (χ3n) is 10.4. The fourth-order valence-corrected chi connectivity index (χ4v) is 7.70. The van der Waals surface area contributed by atoms with Crippen molar-refractivity contribution in [1.29, 1.82) is 5.26 Å². The summed E-state index contributed by atoms with van der Waals surface area (Å²) in [7, 11) is 4.31. The van der Waals surface area contributed by atoms with Gasteiger partial charge in [0.25, 0.3) is 0 Å². The van der Waals surface area contributed by atoms with Crippen molar-refractivity contribution >= 4 is 17.6 Å². The van der Waals surface area contributed by atoms with Gasteiger partial charge in [0, 0.05) is 30.1 Å². The number of hydrogen-bond donors (Lipinski definition) is 2. The Balaban J connectivity index is 1.22. The molecule has 0 spiro atoms. The highest BCUT2D eigenvalue weighted by Gasteiger charge is 2.25. The fraction of sp³-hybridized carbons (Fsp3) is 0.311. The van der Waals surface area contributed by atoms with Crippen LogP contribution < -0.4 is 9.47 Å². The molecule has 6 rings (SSSR count). The maximum absolute atomic E-state index is 11.0. The maximum Gasteiger partial charge on any atom is 0.305 e. The first-order valence-corrected chi connectivity index (χ1v) is 18.7.